The maximum Gasteiger partial charge on any atom is 0.433 e. The molecule has 2 aliphatic rings. The number of hydrogen-bond donors (Lipinski definition) is 4. The number of alkyl halides is 3. The second-order valence-electron chi connectivity index (χ2n) is 9.98. The predicted molar refractivity (Wildman–Crippen MR) is 135 cm³/mol. The Balaban J connectivity index is 1.33. The Morgan fingerprint density at radius 1 is 1.18 bits per heavy atom. The number of carbonyl (C=O) groups is 2. The molecule has 0 unspecified atom stereocenters. The summed E-state index contributed by atoms with van der Waals surface area (Å²) in [6, 6.07) is 4.50. The van der Waals surface area contributed by atoms with Crippen molar-refractivity contribution < 1.29 is 31.9 Å². The SMILES string of the molecule is COc1ccc(-c2nc(C(=O)NC[C@@H]3C[C@H]3NC(=O)NC3CCC3)c([C@H](C)N)o2)c2ccc(C(F)(F)F)nc12. The van der Waals surface area contributed by atoms with Gasteiger partial charge in [-0.2, -0.15) is 13.2 Å². The number of aromatic nitrogens is 2. The van der Waals surface area contributed by atoms with Crippen molar-refractivity contribution in [1.82, 2.24) is 25.9 Å². The molecule has 0 saturated heterocycles. The van der Waals surface area contributed by atoms with Crippen LogP contribution < -0.4 is 26.4 Å². The molecule has 5 N–H and O–H groups in total. The van der Waals surface area contributed by atoms with Gasteiger partial charge in [-0.1, -0.05) is 0 Å². The van der Waals surface area contributed by atoms with Crippen molar-refractivity contribution in [2.75, 3.05) is 13.7 Å². The molecule has 0 radical (unpaired) electrons. The van der Waals surface area contributed by atoms with Crippen molar-refractivity contribution in [3.63, 3.8) is 0 Å². The standard InChI is InChI=1S/C26H29F3N6O4/c1-12(30)22-21(23(36)31-11-13-10-17(13)33-25(37)32-14-4-3-5-14)35-24(39-22)16-6-8-18(38-2)20-15(16)7-9-19(34-20)26(27,28)29/h6-9,12-14,17H,3-5,10-11,30H2,1-2H3,(H,31,36)(H2,32,33,37)/t12-,13-,17+/m0/s1. The van der Waals surface area contributed by atoms with E-state index in [1.165, 1.54) is 19.2 Å². The molecule has 2 aliphatic carbocycles. The van der Waals surface area contributed by atoms with E-state index in [0.29, 0.717) is 17.5 Å². The van der Waals surface area contributed by atoms with Crippen molar-refractivity contribution in [3.8, 4) is 17.2 Å². The van der Waals surface area contributed by atoms with Gasteiger partial charge in [0.25, 0.3) is 5.91 Å². The molecule has 13 heteroatoms. The molecule has 5 rings (SSSR count). The number of rotatable bonds is 8. The Kier molecular flexibility index (Phi) is 7.10. The summed E-state index contributed by atoms with van der Waals surface area (Å²) >= 11 is 0. The molecule has 2 saturated carbocycles. The summed E-state index contributed by atoms with van der Waals surface area (Å²) in [5.41, 5.74) is 5.27. The van der Waals surface area contributed by atoms with E-state index in [9.17, 15) is 22.8 Å². The van der Waals surface area contributed by atoms with Gasteiger partial charge in [-0.3, -0.25) is 4.79 Å². The molecule has 208 valence electrons. The van der Waals surface area contributed by atoms with Gasteiger partial charge in [0, 0.05) is 29.6 Å². The second-order valence-corrected chi connectivity index (χ2v) is 9.98. The normalized spacial score (nSPS) is 19.7. The van der Waals surface area contributed by atoms with E-state index < -0.39 is 23.8 Å². The highest BCUT2D eigenvalue weighted by Gasteiger charge is 2.39. The number of nitrogens with two attached hydrogens (primary N) is 1. The van der Waals surface area contributed by atoms with Crippen molar-refractivity contribution in [3.05, 3.63) is 41.4 Å². The van der Waals surface area contributed by atoms with Crippen LogP contribution in [0.25, 0.3) is 22.4 Å². The van der Waals surface area contributed by atoms with Crippen LogP contribution in [0.15, 0.2) is 28.7 Å². The lowest BCUT2D eigenvalue weighted by Crippen LogP contribution is -2.46. The van der Waals surface area contributed by atoms with Crippen molar-refractivity contribution in [2.45, 2.75) is 56.9 Å². The maximum atomic E-state index is 13.3. The first-order valence-electron chi connectivity index (χ1n) is 12.7. The fraction of sp³-hybridized carbons (Fsp3) is 0.462. The fourth-order valence-electron chi connectivity index (χ4n) is 4.53. The minimum atomic E-state index is -4.64. The Bertz CT molecular complexity index is 1400. The molecule has 0 bridgehead atoms. The van der Waals surface area contributed by atoms with E-state index in [2.05, 4.69) is 25.9 Å². The van der Waals surface area contributed by atoms with Gasteiger partial charge < -0.3 is 30.8 Å². The molecule has 1 aromatic carbocycles. The van der Waals surface area contributed by atoms with Crippen LogP contribution in [0.4, 0.5) is 18.0 Å². The molecule has 2 heterocycles. The number of halogens is 3. The number of ether oxygens (including phenoxy) is 1. The van der Waals surface area contributed by atoms with E-state index in [4.69, 9.17) is 14.9 Å². The Labute approximate surface area is 221 Å². The molecule has 39 heavy (non-hydrogen) atoms. The number of nitrogens with zero attached hydrogens (tertiary/aromatic N) is 2. The largest absolute Gasteiger partial charge is 0.494 e. The van der Waals surface area contributed by atoms with E-state index in [1.807, 2.05) is 0 Å². The molecular weight excluding hydrogens is 517 g/mol. The first kappa shape index (κ1) is 26.7. The molecule has 3 atom stereocenters. The Morgan fingerprint density at radius 2 is 1.95 bits per heavy atom. The summed E-state index contributed by atoms with van der Waals surface area (Å²) in [5.74, 6) is -0.120. The summed E-state index contributed by atoms with van der Waals surface area (Å²) in [6.45, 7) is 1.95. The quantitative estimate of drug-likeness (QED) is 0.335. The van der Waals surface area contributed by atoms with Crippen LogP contribution in [0.3, 0.4) is 0 Å². The lowest BCUT2D eigenvalue weighted by Gasteiger charge is -2.26. The molecule has 2 fully saturated rings. The van der Waals surface area contributed by atoms with Crippen molar-refractivity contribution in [2.24, 2.45) is 11.7 Å². The van der Waals surface area contributed by atoms with Crippen LogP contribution in [0.2, 0.25) is 0 Å². The van der Waals surface area contributed by atoms with E-state index in [1.54, 1.807) is 13.0 Å². The number of methoxy groups -OCH3 is 1. The topological polar surface area (TPSA) is 144 Å². The highest BCUT2D eigenvalue weighted by molar-refractivity contribution is 5.98. The average molecular weight is 547 g/mol. The molecule has 10 nitrogen and oxygen atoms in total. The Morgan fingerprint density at radius 3 is 2.59 bits per heavy atom. The maximum absolute atomic E-state index is 13.3. The third kappa shape index (κ3) is 5.63. The smallest absolute Gasteiger partial charge is 0.433 e. The zero-order valence-corrected chi connectivity index (χ0v) is 21.4. The number of amides is 3. The summed E-state index contributed by atoms with van der Waals surface area (Å²) in [7, 11) is 1.33. The summed E-state index contributed by atoms with van der Waals surface area (Å²) in [5, 5.41) is 8.97. The second kappa shape index (κ2) is 10.4. The van der Waals surface area contributed by atoms with E-state index in [0.717, 1.165) is 31.7 Å². The predicted octanol–water partition coefficient (Wildman–Crippen LogP) is 3.91. The van der Waals surface area contributed by atoms with Gasteiger partial charge in [0.2, 0.25) is 5.89 Å². The zero-order valence-electron chi connectivity index (χ0n) is 21.4. The summed E-state index contributed by atoms with van der Waals surface area (Å²) < 4.78 is 50.9. The van der Waals surface area contributed by atoms with E-state index >= 15 is 0 Å². The van der Waals surface area contributed by atoms with Crippen LogP contribution in [0, 0.1) is 5.92 Å². The number of nitrogens with one attached hydrogen (secondary N) is 3. The molecular formula is C26H29F3N6O4. The lowest BCUT2D eigenvalue weighted by molar-refractivity contribution is -0.140. The minimum Gasteiger partial charge on any atom is -0.494 e. The van der Waals surface area contributed by atoms with Crippen LogP contribution >= 0.6 is 0 Å². The van der Waals surface area contributed by atoms with Crippen molar-refractivity contribution >= 4 is 22.8 Å². The monoisotopic (exact) mass is 546 g/mol. The number of pyridine rings is 1. The summed E-state index contributed by atoms with van der Waals surface area (Å²) in [4.78, 5) is 33.2. The molecule has 2 aromatic heterocycles. The van der Waals surface area contributed by atoms with Gasteiger partial charge in [-0.15, -0.1) is 0 Å². The van der Waals surface area contributed by atoms with Gasteiger partial charge in [0.1, 0.15) is 17.0 Å². The number of hydrogen-bond acceptors (Lipinski definition) is 7. The summed E-state index contributed by atoms with van der Waals surface area (Å²) in [6.07, 6.45) is -0.775. The number of fused-ring (bicyclic) bond motifs is 1. The number of carbonyl (C=O) groups excluding carboxylic acids is 2. The third-order valence-electron chi connectivity index (χ3n) is 7.05. The molecule has 3 aromatic rings. The first-order chi connectivity index (χ1) is 18.5. The third-order valence-corrected chi connectivity index (χ3v) is 7.05. The van der Waals surface area contributed by atoms with Gasteiger partial charge in [-0.05, 0) is 62.8 Å². The van der Waals surface area contributed by atoms with Crippen LogP contribution in [0.5, 0.6) is 5.75 Å². The van der Waals surface area contributed by atoms with Gasteiger partial charge in [-0.25, -0.2) is 14.8 Å². The highest BCUT2D eigenvalue weighted by Crippen LogP contribution is 2.37. The van der Waals surface area contributed by atoms with Gasteiger partial charge in [0.15, 0.2) is 11.5 Å². The number of urea groups is 1. The van der Waals surface area contributed by atoms with Crippen LogP contribution in [0.1, 0.15) is 60.6 Å². The number of oxazole rings is 1. The fourth-order valence-corrected chi connectivity index (χ4v) is 4.53. The lowest BCUT2D eigenvalue weighted by atomic mass is 9.93. The first-order valence-corrected chi connectivity index (χ1v) is 12.7. The zero-order chi connectivity index (χ0) is 27.9. The molecule has 0 aliphatic heterocycles. The van der Waals surface area contributed by atoms with Crippen LogP contribution in [-0.4, -0.2) is 47.6 Å². The average Bonchev–Trinajstić information content (AvgIpc) is 3.44. The molecule has 0 spiro atoms. The Hall–Kier alpha value is -3.87. The van der Waals surface area contributed by atoms with Crippen LogP contribution in [-0.2, 0) is 6.18 Å². The van der Waals surface area contributed by atoms with Gasteiger partial charge in [0.05, 0.1) is 13.2 Å². The highest BCUT2D eigenvalue weighted by atomic mass is 19.4. The minimum absolute atomic E-state index is 0.0142. The van der Waals surface area contributed by atoms with Crippen molar-refractivity contribution in [1.29, 1.82) is 0 Å². The van der Waals surface area contributed by atoms with E-state index in [-0.39, 0.29) is 52.6 Å². The van der Waals surface area contributed by atoms with Gasteiger partial charge >= 0.3 is 12.2 Å². The molecule has 3 amide bonds. The number of benzene rings is 1.